The van der Waals surface area contributed by atoms with Crippen molar-refractivity contribution in [2.75, 3.05) is 19.8 Å². The van der Waals surface area contributed by atoms with Crippen LogP contribution in [0.2, 0.25) is 0 Å². The highest BCUT2D eigenvalue weighted by atomic mass is 16.7. The van der Waals surface area contributed by atoms with E-state index in [1.165, 1.54) is 44.9 Å². The van der Waals surface area contributed by atoms with Crippen LogP contribution in [-0.4, -0.2) is 140 Å². The summed E-state index contributed by atoms with van der Waals surface area (Å²) in [4.78, 5) is 12.7. The van der Waals surface area contributed by atoms with Gasteiger partial charge in [0.2, 0.25) is 5.91 Å². The van der Waals surface area contributed by atoms with Crippen LogP contribution in [0.5, 0.6) is 0 Å². The Bertz CT molecular complexity index is 1060. The number of carbonyl (C=O) groups excluding carboxylic acids is 1. The molecular formula is C40H71NO13. The minimum Gasteiger partial charge on any atom is -0.394 e. The second kappa shape index (κ2) is 28.6. The largest absolute Gasteiger partial charge is 0.394 e. The van der Waals surface area contributed by atoms with Crippen LogP contribution in [0.3, 0.4) is 0 Å². The van der Waals surface area contributed by atoms with Gasteiger partial charge in [0.05, 0.1) is 32.0 Å². The Morgan fingerprint density at radius 3 is 1.81 bits per heavy atom. The van der Waals surface area contributed by atoms with Gasteiger partial charge < -0.3 is 65.1 Å². The lowest BCUT2D eigenvalue weighted by atomic mass is 9.97. The summed E-state index contributed by atoms with van der Waals surface area (Å²) >= 11 is 0. The molecule has 0 aromatic heterocycles. The molecule has 12 atom stereocenters. The zero-order chi connectivity index (χ0) is 39.7. The third kappa shape index (κ3) is 17.6. The molecule has 0 aromatic rings. The molecule has 1 amide bonds. The van der Waals surface area contributed by atoms with Gasteiger partial charge in [-0.3, -0.25) is 4.79 Å². The number of amides is 1. The van der Waals surface area contributed by atoms with Crippen LogP contribution in [-0.2, 0) is 23.7 Å². The predicted molar refractivity (Wildman–Crippen MR) is 203 cm³/mol. The minimum absolute atomic E-state index is 0.255. The van der Waals surface area contributed by atoms with Crippen LogP contribution in [0.1, 0.15) is 117 Å². The predicted octanol–water partition coefficient (Wildman–Crippen LogP) is 2.42. The number of aliphatic hydroxyl groups excluding tert-OH is 8. The van der Waals surface area contributed by atoms with E-state index >= 15 is 0 Å². The normalized spacial score (nSPS) is 30.4. The van der Waals surface area contributed by atoms with E-state index in [-0.39, 0.29) is 18.9 Å². The quantitative estimate of drug-likeness (QED) is 0.0412. The molecule has 0 spiro atoms. The van der Waals surface area contributed by atoms with Crippen LogP contribution in [0.25, 0.3) is 0 Å². The number of allylic oxidation sites excluding steroid dienone is 5. The highest BCUT2D eigenvalue weighted by Gasteiger charge is 2.50. The molecular weight excluding hydrogens is 702 g/mol. The molecule has 0 aromatic carbocycles. The summed E-state index contributed by atoms with van der Waals surface area (Å²) < 4.78 is 22.4. The van der Waals surface area contributed by atoms with Gasteiger partial charge in [0.1, 0.15) is 48.8 Å². The Balaban J connectivity index is 1.88. The Morgan fingerprint density at radius 2 is 1.19 bits per heavy atom. The highest BCUT2D eigenvalue weighted by Crippen LogP contribution is 2.29. The van der Waals surface area contributed by atoms with Gasteiger partial charge in [0.15, 0.2) is 12.6 Å². The molecule has 0 saturated carbocycles. The van der Waals surface area contributed by atoms with Gasteiger partial charge in [0, 0.05) is 6.42 Å². The van der Waals surface area contributed by atoms with Gasteiger partial charge >= 0.3 is 0 Å². The summed E-state index contributed by atoms with van der Waals surface area (Å²) in [6.07, 6.45) is 11.6. The molecule has 2 heterocycles. The second-order valence-corrected chi connectivity index (χ2v) is 14.4. The Kier molecular flexibility index (Phi) is 25.6. The van der Waals surface area contributed by atoms with Gasteiger partial charge in [-0.15, -0.1) is 0 Å². The number of carbonyl (C=O) groups is 1. The van der Waals surface area contributed by atoms with Crippen LogP contribution in [0.15, 0.2) is 36.5 Å². The Hall–Kier alpha value is -1.79. The zero-order valence-electron chi connectivity index (χ0n) is 32.4. The van der Waals surface area contributed by atoms with E-state index in [2.05, 4.69) is 36.5 Å². The first-order valence-corrected chi connectivity index (χ1v) is 20.2. The molecule has 14 heteroatoms. The number of hydrogen-bond donors (Lipinski definition) is 9. The van der Waals surface area contributed by atoms with Crippen molar-refractivity contribution in [2.45, 2.75) is 190 Å². The number of rotatable bonds is 28. The standard InChI is InChI=1S/C40H71NO13/c1-3-5-7-8-9-10-11-12-13-14-15-16-17-18-19-20-22-23-29(44)28(41-32(45)24-21-6-4-2)27-51-39-37(50)35(48)38(31(26-43)53-39)54-40-36(49)34(47)33(46)30(25-42)52-40/h13-14,17-18,22-23,28-31,33-40,42-44,46-50H,3-12,15-16,19-21,24-27H2,1-2H3,(H,41,45)/b14-13+,18-17+,23-22+. The molecule has 0 aliphatic carbocycles. The summed E-state index contributed by atoms with van der Waals surface area (Å²) in [6, 6.07) is -0.928. The summed E-state index contributed by atoms with van der Waals surface area (Å²) in [5.74, 6) is -0.282. The van der Waals surface area contributed by atoms with Crippen molar-refractivity contribution in [3.63, 3.8) is 0 Å². The SMILES string of the molecule is CCCCCCCCC/C=C/CC/C=C/CC/C=C/C(O)C(COC1OC(CO)C(OC2OC(CO)C(O)C(O)C2O)C(O)C1O)NC(=O)CCCCC. The number of nitrogens with one attached hydrogen (secondary N) is 1. The second-order valence-electron chi connectivity index (χ2n) is 14.4. The fourth-order valence-corrected chi connectivity index (χ4v) is 6.38. The number of ether oxygens (including phenoxy) is 4. The van der Waals surface area contributed by atoms with Crippen molar-refractivity contribution >= 4 is 5.91 Å². The van der Waals surface area contributed by atoms with Gasteiger partial charge in [0.25, 0.3) is 0 Å². The van der Waals surface area contributed by atoms with E-state index in [9.17, 15) is 45.6 Å². The Labute approximate surface area is 321 Å². The molecule has 2 aliphatic rings. The van der Waals surface area contributed by atoms with E-state index in [1.807, 2.05) is 13.0 Å². The van der Waals surface area contributed by atoms with Crippen molar-refractivity contribution in [1.82, 2.24) is 5.32 Å². The third-order valence-electron chi connectivity index (χ3n) is 9.81. The van der Waals surface area contributed by atoms with E-state index in [4.69, 9.17) is 18.9 Å². The monoisotopic (exact) mass is 773 g/mol. The number of hydrogen-bond acceptors (Lipinski definition) is 13. The molecule has 54 heavy (non-hydrogen) atoms. The Morgan fingerprint density at radius 1 is 0.648 bits per heavy atom. The third-order valence-corrected chi connectivity index (χ3v) is 9.81. The molecule has 2 fully saturated rings. The molecule has 9 N–H and O–H groups in total. The maximum absolute atomic E-state index is 12.7. The first-order valence-electron chi connectivity index (χ1n) is 20.2. The number of unbranched alkanes of at least 4 members (excludes halogenated alkanes) is 11. The molecule has 14 nitrogen and oxygen atoms in total. The average Bonchev–Trinajstić information content (AvgIpc) is 3.16. The molecule has 0 bridgehead atoms. The highest BCUT2D eigenvalue weighted by molar-refractivity contribution is 5.76. The van der Waals surface area contributed by atoms with Gasteiger partial charge in [-0.05, 0) is 44.9 Å². The zero-order valence-corrected chi connectivity index (χ0v) is 32.4. The molecule has 314 valence electrons. The maximum atomic E-state index is 12.7. The fraction of sp³-hybridized carbons (Fsp3) is 0.825. The van der Waals surface area contributed by atoms with Crippen molar-refractivity contribution in [2.24, 2.45) is 0 Å². The summed E-state index contributed by atoms with van der Waals surface area (Å²) in [7, 11) is 0. The first kappa shape index (κ1) is 48.4. The van der Waals surface area contributed by atoms with Crippen LogP contribution in [0, 0.1) is 0 Å². The van der Waals surface area contributed by atoms with Gasteiger partial charge in [-0.1, -0.05) is 102 Å². The lowest BCUT2D eigenvalue weighted by Gasteiger charge is -2.46. The topological polar surface area (TPSA) is 228 Å². The first-order chi connectivity index (χ1) is 26.1. The molecule has 2 saturated heterocycles. The van der Waals surface area contributed by atoms with Crippen molar-refractivity contribution in [3.8, 4) is 0 Å². The van der Waals surface area contributed by atoms with E-state index in [0.29, 0.717) is 12.8 Å². The van der Waals surface area contributed by atoms with Crippen molar-refractivity contribution in [1.29, 1.82) is 0 Å². The lowest BCUT2D eigenvalue weighted by Crippen LogP contribution is -2.65. The van der Waals surface area contributed by atoms with E-state index in [0.717, 1.165) is 38.5 Å². The van der Waals surface area contributed by atoms with Crippen LogP contribution in [0.4, 0.5) is 0 Å². The van der Waals surface area contributed by atoms with Crippen LogP contribution < -0.4 is 5.32 Å². The van der Waals surface area contributed by atoms with Crippen LogP contribution >= 0.6 is 0 Å². The molecule has 0 radical (unpaired) electrons. The molecule has 2 aliphatic heterocycles. The average molecular weight is 774 g/mol. The van der Waals surface area contributed by atoms with Gasteiger partial charge in [-0.25, -0.2) is 0 Å². The minimum atomic E-state index is -1.79. The van der Waals surface area contributed by atoms with Crippen molar-refractivity contribution in [3.05, 3.63) is 36.5 Å². The summed E-state index contributed by atoms with van der Waals surface area (Å²) in [6.45, 7) is 2.52. The lowest BCUT2D eigenvalue weighted by molar-refractivity contribution is -0.359. The van der Waals surface area contributed by atoms with Gasteiger partial charge in [-0.2, -0.15) is 0 Å². The van der Waals surface area contributed by atoms with Crippen molar-refractivity contribution < 1.29 is 64.6 Å². The molecule has 12 unspecified atom stereocenters. The van der Waals surface area contributed by atoms with E-state index in [1.54, 1.807) is 6.08 Å². The number of aliphatic hydroxyl groups is 8. The molecule has 2 rings (SSSR count). The maximum Gasteiger partial charge on any atom is 0.220 e. The summed E-state index contributed by atoms with van der Waals surface area (Å²) in [5, 5.41) is 85.6. The smallest absolute Gasteiger partial charge is 0.220 e. The fourth-order valence-electron chi connectivity index (χ4n) is 6.38. The summed E-state index contributed by atoms with van der Waals surface area (Å²) in [5.41, 5.74) is 0. The van der Waals surface area contributed by atoms with E-state index < -0.39 is 86.8 Å².